The largest absolute Gasteiger partial charge is 0.461 e. The Morgan fingerprint density at radius 1 is 0.645 bits per heavy atom. The molecule has 0 radical (unpaired) electrons. The van der Waals surface area contributed by atoms with Crippen LogP contribution in [-0.2, 0) is 6.42 Å². The van der Waals surface area contributed by atoms with Crippen LogP contribution in [0, 0.1) is 11.8 Å². The fourth-order valence-corrected chi connectivity index (χ4v) is 4.23. The zero-order chi connectivity index (χ0) is 22.0. The van der Waals surface area contributed by atoms with E-state index in [0.29, 0.717) is 0 Å². The molecule has 0 fully saturated rings. The zero-order valence-electron chi connectivity index (χ0n) is 20.4. The Morgan fingerprint density at radius 3 is 1.87 bits per heavy atom. The molecule has 0 bridgehead atoms. The van der Waals surface area contributed by atoms with Gasteiger partial charge in [0.2, 0.25) is 0 Å². The van der Waals surface area contributed by atoms with Crippen LogP contribution >= 0.6 is 0 Å². The van der Waals surface area contributed by atoms with Crippen LogP contribution in [-0.4, -0.2) is 0 Å². The Morgan fingerprint density at radius 2 is 1.23 bits per heavy atom. The van der Waals surface area contributed by atoms with Gasteiger partial charge in [-0.25, -0.2) is 0 Å². The van der Waals surface area contributed by atoms with Gasteiger partial charge in [-0.05, 0) is 37.1 Å². The van der Waals surface area contributed by atoms with Crippen molar-refractivity contribution in [3.8, 4) is 11.8 Å². The smallest absolute Gasteiger partial charge is 0.135 e. The van der Waals surface area contributed by atoms with Gasteiger partial charge in [-0.15, -0.1) is 0 Å². The average Bonchev–Trinajstić information content (AvgIpc) is 3.19. The van der Waals surface area contributed by atoms with E-state index in [1.165, 1.54) is 108 Å². The fraction of sp³-hybridized carbons (Fsp3) is 0.667. The van der Waals surface area contributed by atoms with Crippen molar-refractivity contribution in [2.24, 2.45) is 0 Å². The van der Waals surface area contributed by atoms with E-state index in [9.17, 15) is 0 Å². The molecule has 0 aliphatic carbocycles. The quantitative estimate of drug-likeness (QED) is 0.182. The molecule has 2 rings (SSSR count). The molecule has 0 N–H and O–H groups in total. The highest BCUT2D eigenvalue weighted by Crippen LogP contribution is 2.22. The van der Waals surface area contributed by atoms with Crippen molar-refractivity contribution in [1.29, 1.82) is 0 Å². The lowest BCUT2D eigenvalue weighted by atomic mass is 10.1. The number of rotatable bonds is 17. The second-order valence-electron chi connectivity index (χ2n) is 9.22. The summed E-state index contributed by atoms with van der Waals surface area (Å²) in [6.45, 7) is 4.56. The van der Waals surface area contributed by atoms with Crippen molar-refractivity contribution in [3.05, 3.63) is 35.6 Å². The molecule has 0 spiro atoms. The lowest BCUT2D eigenvalue weighted by Gasteiger charge is -2.00. The highest BCUT2D eigenvalue weighted by atomic mass is 16.3. The summed E-state index contributed by atoms with van der Waals surface area (Å²) in [5.41, 5.74) is 2.08. The first-order chi connectivity index (χ1) is 15.3. The van der Waals surface area contributed by atoms with Gasteiger partial charge in [0.25, 0.3) is 0 Å². The zero-order valence-corrected chi connectivity index (χ0v) is 20.4. The molecule has 0 aliphatic rings. The first kappa shape index (κ1) is 25.6. The standard InChI is InChI=1S/C30H46O/c1-3-5-7-9-11-13-14-15-17-19-21-27-23-24-28-26-29(31-30(28)25-27)22-20-18-16-12-10-8-6-4-2/h23-26H,3-18,20,22H2,1-2H3. The van der Waals surface area contributed by atoms with Crippen LogP contribution in [0.2, 0.25) is 0 Å². The van der Waals surface area contributed by atoms with Crippen molar-refractivity contribution in [2.75, 3.05) is 0 Å². The summed E-state index contributed by atoms with van der Waals surface area (Å²) in [5.74, 6) is 7.82. The van der Waals surface area contributed by atoms with E-state index in [1.807, 2.05) is 0 Å². The molecule has 172 valence electrons. The molecule has 1 aromatic heterocycles. The van der Waals surface area contributed by atoms with Crippen molar-refractivity contribution in [2.45, 2.75) is 129 Å². The minimum atomic E-state index is 0.994. The molecular formula is C30H46O. The van der Waals surface area contributed by atoms with E-state index in [0.717, 1.165) is 29.7 Å². The third-order valence-electron chi connectivity index (χ3n) is 6.24. The van der Waals surface area contributed by atoms with Gasteiger partial charge in [0.1, 0.15) is 11.3 Å². The molecule has 1 aromatic carbocycles. The molecule has 31 heavy (non-hydrogen) atoms. The van der Waals surface area contributed by atoms with Crippen LogP contribution in [0.3, 0.4) is 0 Å². The fourth-order valence-electron chi connectivity index (χ4n) is 4.23. The molecule has 0 atom stereocenters. The number of hydrogen-bond donors (Lipinski definition) is 0. The molecule has 0 amide bonds. The van der Waals surface area contributed by atoms with Crippen LogP contribution < -0.4 is 0 Å². The van der Waals surface area contributed by atoms with Crippen molar-refractivity contribution >= 4 is 11.0 Å². The monoisotopic (exact) mass is 422 g/mol. The Labute approximate surface area is 192 Å². The van der Waals surface area contributed by atoms with E-state index in [4.69, 9.17) is 4.42 Å². The molecule has 1 heterocycles. The summed E-state index contributed by atoms with van der Waals surface area (Å²) in [5, 5.41) is 1.21. The number of unbranched alkanes of at least 4 members (excludes halogenated alkanes) is 15. The molecule has 0 saturated carbocycles. The van der Waals surface area contributed by atoms with Crippen molar-refractivity contribution < 1.29 is 4.42 Å². The third kappa shape index (κ3) is 11.5. The third-order valence-corrected chi connectivity index (χ3v) is 6.24. The predicted molar refractivity (Wildman–Crippen MR) is 137 cm³/mol. The highest BCUT2D eigenvalue weighted by Gasteiger charge is 2.04. The van der Waals surface area contributed by atoms with Crippen LogP contribution in [0.5, 0.6) is 0 Å². The molecule has 2 aromatic rings. The summed E-state index contributed by atoms with van der Waals surface area (Å²) in [6, 6.07) is 8.64. The Hall–Kier alpha value is -1.68. The topological polar surface area (TPSA) is 13.1 Å². The predicted octanol–water partition coefficient (Wildman–Crippen LogP) is 10.00. The van der Waals surface area contributed by atoms with Crippen LogP contribution in [0.4, 0.5) is 0 Å². The molecule has 0 aliphatic heterocycles. The van der Waals surface area contributed by atoms with Gasteiger partial charge in [0.05, 0.1) is 0 Å². The van der Waals surface area contributed by atoms with Gasteiger partial charge in [0, 0.05) is 23.8 Å². The van der Waals surface area contributed by atoms with Crippen molar-refractivity contribution in [3.63, 3.8) is 0 Å². The second-order valence-corrected chi connectivity index (χ2v) is 9.22. The number of hydrogen-bond acceptors (Lipinski definition) is 1. The van der Waals surface area contributed by atoms with Gasteiger partial charge in [-0.3, -0.25) is 0 Å². The lowest BCUT2D eigenvalue weighted by molar-refractivity contribution is 0.518. The number of benzene rings is 1. The summed E-state index contributed by atoms with van der Waals surface area (Å²) in [6.07, 6.45) is 23.8. The summed E-state index contributed by atoms with van der Waals surface area (Å²) in [7, 11) is 0. The maximum absolute atomic E-state index is 6.10. The minimum Gasteiger partial charge on any atom is -0.461 e. The van der Waals surface area contributed by atoms with E-state index in [2.05, 4.69) is 50.0 Å². The highest BCUT2D eigenvalue weighted by molar-refractivity contribution is 5.79. The second kappa shape index (κ2) is 16.9. The molecule has 1 heteroatoms. The Bertz CT molecular complexity index is 758. The minimum absolute atomic E-state index is 0.994. The van der Waals surface area contributed by atoms with Gasteiger partial charge in [-0.1, -0.05) is 116 Å². The van der Waals surface area contributed by atoms with Crippen molar-refractivity contribution in [1.82, 2.24) is 0 Å². The maximum atomic E-state index is 6.10. The number of fused-ring (bicyclic) bond motifs is 1. The van der Waals surface area contributed by atoms with E-state index < -0.39 is 0 Å². The van der Waals surface area contributed by atoms with E-state index in [-0.39, 0.29) is 0 Å². The molecule has 1 nitrogen and oxygen atoms in total. The SMILES string of the molecule is CCCCCCCCCCC#Cc1ccc2cc(CCCCCCCCCC)oc2c1. The first-order valence-corrected chi connectivity index (χ1v) is 13.3. The van der Waals surface area contributed by atoms with Crippen LogP contribution in [0.25, 0.3) is 11.0 Å². The normalized spacial score (nSPS) is 11.0. The molecule has 0 saturated heterocycles. The Kier molecular flexibility index (Phi) is 14.0. The van der Waals surface area contributed by atoms with Gasteiger partial charge in [0.15, 0.2) is 0 Å². The number of aryl methyl sites for hydroxylation is 1. The number of furan rings is 1. The van der Waals surface area contributed by atoms with Gasteiger partial charge >= 0.3 is 0 Å². The summed E-state index contributed by atoms with van der Waals surface area (Å²) < 4.78 is 6.10. The van der Waals surface area contributed by atoms with Crippen LogP contribution in [0.1, 0.15) is 134 Å². The van der Waals surface area contributed by atoms with E-state index in [1.54, 1.807) is 0 Å². The molecular weight excluding hydrogens is 376 g/mol. The summed E-state index contributed by atoms with van der Waals surface area (Å²) in [4.78, 5) is 0. The van der Waals surface area contributed by atoms with Crippen LogP contribution in [0.15, 0.2) is 28.7 Å². The lowest BCUT2D eigenvalue weighted by Crippen LogP contribution is -1.84. The first-order valence-electron chi connectivity index (χ1n) is 13.3. The Balaban J connectivity index is 1.63. The molecule has 0 unspecified atom stereocenters. The average molecular weight is 423 g/mol. The van der Waals surface area contributed by atoms with Gasteiger partial charge in [-0.2, -0.15) is 0 Å². The van der Waals surface area contributed by atoms with E-state index >= 15 is 0 Å². The maximum Gasteiger partial charge on any atom is 0.135 e. The summed E-state index contributed by atoms with van der Waals surface area (Å²) >= 11 is 0. The van der Waals surface area contributed by atoms with Gasteiger partial charge < -0.3 is 4.42 Å².